The fourth-order valence-electron chi connectivity index (χ4n) is 2.77. The molecule has 0 heterocycles. The quantitative estimate of drug-likeness (QED) is 0.800. The van der Waals surface area contributed by atoms with E-state index in [1.807, 2.05) is 19.1 Å². The SMILES string of the molecule is CCNC1CC(Oc2ccc(CC)cc2OC)C1OCC. The molecule has 1 N–H and O–H groups in total. The highest BCUT2D eigenvalue weighted by atomic mass is 16.6. The topological polar surface area (TPSA) is 39.7 Å². The van der Waals surface area contributed by atoms with E-state index in [2.05, 4.69) is 25.2 Å². The van der Waals surface area contributed by atoms with Gasteiger partial charge >= 0.3 is 0 Å². The van der Waals surface area contributed by atoms with E-state index < -0.39 is 0 Å². The van der Waals surface area contributed by atoms with Crippen molar-refractivity contribution in [2.24, 2.45) is 0 Å². The summed E-state index contributed by atoms with van der Waals surface area (Å²) in [5.41, 5.74) is 1.25. The number of hydrogen-bond donors (Lipinski definition) is 1. The fraction of sp³-hybridized carbons (Fsp3) is 0.647. The number of likely N-dealkylation sites (N-methyl/N-ethyl adjacent to an activating group) is 1. The summed E-state index contributed by atoms with van der Waals surface area (Å²) in [6, 6.07) is 6.53. The molecule has 0 saturated heterocycles. The van der Waals surface area contributed by atoms with Crippen LogP contribution in [0.4, 0.5) is 0 Å². The van der Waals surface area contributed by atoms with Gasteiger partial charge in [0.25, 0.3) is 0 Å². The Hall–Kier alpha value is -1.26. The van der Waals surface area contributed by atoms with Crippen molar-refractivity contribution in [3.8, 4) is 11.5 Å². The minimum absolute atomic E-state index is 0.0929. The monoisotopic (exact) mass is 293 g/mol. The van der Waals surface area contributed by atoms with Crippen LogP contribution in [-0.4, -0.2) is 38.5 Å². The molecule has 3 atom stereocenters. The Labute approximate surface area is 127 Å². The van der Waals surface area contributed by atoms with Crippen LogP contribution in [0.5, 0.6) is 11.5 Å². The molecular weight excluding hydrogens is 266 g/mol. The fourth-order valence-corrected chi connectivity index (χ4v) is 2.77. The van der Waals surface area contributed by atoms with Crippen molar-refractivity contribution in [1.29, 1.82) is 0 Å². The Morgan fingerprint density at radius 1 is 1.19 bits per heavy atom. The second-order valence-electron chi connectivity index (χ2n) is 5.31. The molecule has 21 heavy (non-hydrogen) atoms. The van der Waals surface area contributed by atoms with Crippen molar-refractivity contribution in [1.82, 2.24) is 5.32 Å². The van der Waals surface area contributed by atoms with Crippen LogP contribution in [-0.2, 0) is 11.2 Å². The number of ether oxygens (including phenoxy) is 3. The molecule has 0 aliphatic heterocycles. The third kappa shape index (κ3) is 3.69. The minimum Gasteiger partial charge on any atom is -0.493 e. The van der Waals surface area contributed by atoms with E-state index in [0.717, 1.165) is 30.9 Å². The number of rotatable bonds is 8. The van der Waals surface area contributed by atoms with Gasteiger partial charge in [0.2, 0.25) is 0 Å². The average Bonchev–Trinajstić information content (AvgIpc) is 2.51. The summed E-state index contributed by atoms with van der Waals surface area (Å²) in [6.45, 7) is 7.93. The van der Waals surface area contributed by atoms with Crippen LogP contribution in [0.25, 0.3) is 0 Å². The molecule has 118 valence electrons. The first-order valence-corrected chi connectivity index (χ1v) is 7.91. The Morgan fingerprint density at radius 3 is 2.62 bits per heavy atom. The highest BCUT2D eigenvalue weighted by molar-refractivity contribution is 5.43. The zero-order chi connectivity index (χ0) is 15.2. The zero-order valence-electron chi connectivity index (χ0n) is 13.5. The molecule has 1 aliphatic carbocycles. The molecule has 3 unspecified atom stereocenters. The lowest BCUT2D eigenvalue weighted by molar-refractivity contribution is -0.104. The molecule has 0 radical (unpaired) electrons. The summed E-state index contributed by atoms with van der Waals surface area (Å²) < 4.78 is 17.4. The van der Waals surface area contributed by atoms with Crippen LogP contribution in [0, 0.1) is 0 Å². The highest BCUT2D eigenvalue weighted by Crippen LogP contribution is 2.34. The van der Waals surface area contributed by atoms with Crippen molar-refractivity contribution in [2.45, 2.75) is 51.9 Å². The largest absolute Gasteiger partial charge is 0.493 e. The van der Waals surface area contributed by atoms with Gasteiger partial charge in [-0.25, -0.2) is 0 Å². The Balaban J connectivity index is 2.04. The first kappa shape index (κ1) is 16.1. The highest BCUT2D eigenvalue weighted by Gasteiger charge is 2.43. The van der Waals surface area contributed by atoms with Crippen LogP contribution in [0.15, 0.2) is 18.2 Å². The molecule has 1 aromatic rings. The van der Waals surface area contributed by atoms with Crippen molar-refractivity contribution in [3.63, 3.8) is 0 Å². The number of aryl methyl sites for hydroxylation is 1. The van der Waals surface area contributed by atoms with Crippen molar-refractivity contribution in [3.05, 3.63) is 23.8 Å². The standard InChI is InChI=1S/C17H27NO3/c1-5-12-8-9-14(15(10-12)19-4)21-16-11-13(18-6-2)17(16)20-7-3/h8-10,13,16-18H,5-7,11H2,1-4H3. The van der Waals surface area contributed by atoms with E-state index in [4.69, 9.17) is 14.2 Å². The molecular formula is C17H27NO3. The number of nitrogens with one attached hydrogen (secondary N) is 1. The Morgan fingerprint density at radius 2 is 2.00 bits per heavy atom. The van der Waals surface area contributed by atoms with Gasteiger partial charge in [-0.1, -0.05) is 19.9 Å². The van der Waals surface area contributed by atoms with E-state index >= 15 is 0 Å². The normalized spacial score (nSPS) is 24.5. The molecule has 0 amide bonds. The van der Waals surface area contributed by atoms with Gasteiger partial charge in [0.05, 0.1) is 7.11 Å². The summed E-state index contributed by atoms with van der Waals surface area (Å²) in [4.78, 5) is 0. The lowest BCUT2D eigenvalue weighted by Crippen LogP contribution is -2.61. The van der Waals surface area contributed by atoms with Crippen LogP contribution >= 0.6 is 0 Å². The second-order valence-corrected chi connectivity index (χ2v) is 5.31. The second kappa shape index (κ2) is 7.66. The summed E-state index contributed by atoms with van der Waals surface area (Å²) in [5, 5.41) is 3.44. The summed E-state index contributed by atoms with van der Waals surface area (Å²) in [5.74, 6) is 1.61. The van der Waals surface area contributed by atoms with Crippen LogP contribution < -0.4 is 14.8 Å². The van der Waals surface area contributed by atoms with Crippen LogP contribution in [0.3, 0.4) is 0 Å². The maximum atomic E-state index is 6.12. The molecule has 1 saturated carbocycles. The predicted molar refractivity (Wildman–Crippen MR) is 84.3 cm³/mol. The van der Waals surface area contributed by atoms with Gasteiger partial charge < -0.3 is 19.5 Å². The van der Waals surface area contributed by atoms with E-state index in [-0.39, 0.29) is 12.2 Å². The summed E-state index contributed by atoms with van der Waals surface area (Å²) in [7, 11) is 1.68. The van der Waals surface area contributed by atoms with E-state index in [0.29, 0.717) is 12.6 Å². The van der Waals surface area contributed by atoms with Gasteiger partial charge in [-0.3, -0.25) is 0 Å². The molecule has 1 aromatic carbocycles. The van der Waals surface area contributed by atoms with Crippen LogP contribution in [0.1, 0.15) is 32.8 Å². The zero-order valence-corrected chi connectivity index (χ0v) is 13.5. The molecule has 0 aromatic heterocycles. The molecule has 2 rings (SSSR count). The van der Waals surface area contributed by atoms with Gasteiger partial charge in [-0.2, -0.15) is 0 Å². The maximum Gasteiger partial charge on any atom is 0.161 e. The molecule has 0 spiro atoms. The van der Waals surface area contributed by atoms with Gasteiger partial charge in [-0.15, -0.1) is 0 Å². The predicted octanol–water partition coefficient (Wildman–Crippen LogP) is 2.79. The van der Waals surface area contributed by atoms with Gasteiger partial charge in [0, 0.05) is 19.1 Å². The third-order valence-electron chi connectivity index (χ3n) is 3.99. The van der Waals surface area contributed by atoms with Crippen molar-refractivity contribution in [2.75, 3.05) is 20.3 Å². The van der Waals surface area contributed by atoms with Crippen molar-refractivity contribution < 1.29 is 14.2 Å². The number of benzene rings is 1. The maximum absolute atomic E-state index is 6.12. The van der Waals surface area contributed by atoms with E-state index in [1.54, 1.807) is 7.11 Å². The Bertz CT molecular complexity index is 450. The van der Waals surface area contributed by atoms with E-state index in [9.17, 15) is 0 Å². The summed E-state index contributed by atoms with van der Waals surface area (Å²) >= 11 is 0. The smallest absolute Gasteiger partial charge is 0.161 e. The van der Waals surface area contributed by atoms with Crippen molar-refractivity contribution >= 4 is 0 Å². The molecule has 0 bridgehead atoms. The van der Waals surface area contributed by atoms with Gasteiger partial charge in [0.15, 0.2) is 11.5 Å². The first-order chi connectivity index (χ1) is 10.2. The lowest BCUT2D eigenvalue weighted by Gasteiger charge is -2.44. The van der Waals surface area contributed by atoms with Crippen LogP contribution in [0.2, 0.25) is 0 Å². The average molecular weight is 293 g/mol. The Kier molecular flexibility index (Phi) is 5.88. The molecule has 4 heteroatoms. The first-order valence-electron chi connectivity index (χ1n) is 7.91. The lowest BCUT2D eigenvalue weighted by atomic mass is 9.85. The third-order valence-corrected chi connectivity index (χ3v) is 3.99. The number of methoxy groups -OCH3 is 1. The minimum atomic E-state index is 0.0929. The van der Waals surface area contributed by atoms with E-state index in [1.165, 1.54) is 5.56 Å². The number of hydrogen-bond acceptors (Lipinski definition) is 4. The molecule has 4 nitrogen and oxygen atoms in total. The molecule has 1 fully saturated rings. The molecule has 1 aliphatic rings. The van der Waals surface area contributed by atoms with Gasteiger partial charge in [0.1, 0.15) is 12.2 Å². The van der Waals surface area contributed by atoms with Gasteiger partial charge in [-0.05, 0) is 37.6 Å². The summed E-state index contributed by atoms with van der Waals surface area (Å²) in [6.07, 6.45) is 2.17.